The van der Waals surface area contributed by atoms with Crippen molar-refractivity contribution in [1.82, 2.24) is 4.90 Å². The van der Waals surface area contributed by atoms with E-state index in [2.05, 4.69) is 4.90 Å². The van der Waals surface area contributed by atoms with Gasteiger partial charge in [-0.05, 0) is 11.6 Å². The first-order valence-electron chi connectivity index (χ1n) is 8.43. The third-order valence-electron chi connectivity index (χ3n) is 4.25. The third kappa shape index (κ3) is 5.11. The molecule has 0 spiro atoms. The lowest BCUT2D eigenvalue weighted by Crippen LogP contribution is -2.45. The Kier molecular flexibility index (Phi) is 6.03. The van der Waals surface area contributed by atoms with E-state index in [1.54, 1.807) is 12.1 Å². The number of morpholine rings is 1. The lowest BCUT2D eigenvalue weighted by Gasteiger charge is -2.36. The largest absolute Gasteiger partial charge is 0.372 e. The minimum Gasteiger partial charge on any atom is -0.372 e. The molecular formula is C19H22FNO4S. The molecule has 0 aliphatic carbocycles. The van der Waals surface area contributed by atoms with Crippen LogP contribution >= 0.6 is 0 Å². The molecule has 0 bridgehead atoms. The van der Waals surface area contributed by atoms with E-state index < -0.39 is 28.1 Å². The molecule has 2 atom stereocenters. The predicted octanol–water partition coefficient (Wildman–Crippen LogP) is 2.74. The van der Waals surface area contributed by atoms with Crippen LogP contribution in [0.1, 0.15) is 17.2 Å². The van der Waals surface area contributed by atoms with Crippen molar-refractivity contribution >= 4 is 10.1 Å². The van der Waals surface area contributed by atoms with Gasteiger partial charge in [0.25, 0.3) is 10.1 Å². The molecule has 1 saturated heterocycles. The molecule has 0 aromatic heterocycles. The van der Waals surface area contributed by atoms with Crippen LogP contribution in [0.5, 0.6) is 0 Å². The number of hydrogen-bond donors (Lipinski definition) is 0. The molecule has 1 aliphatic heterocycles. The summed E-state index contributed by atoms with van der Waals surface area (Å²) < 4.78 is 48.7. The second-order valence-corrected chi connectivity index (χ2v) is 7.97. The first-order valence-corrected chi connectivity index (χ1v) is 10.2. The number of benzene rings is 2. The Balaban J connectivity index is 1.80. The molecule has 1 fully saturated rings. The summed E-state index contributed by atoms with van der Waals surface area (Å²) in [6.45, 7) is 2.30. The summed E-state index contributed by atoms with van der Waals surface area (Å²) in [5, 5.41) is 0. The van der Waals surface area contributed by atoms with Gasteiger partial charge in [0, 0.05) is 25.2 Å². The molecule has 2 aromatic rings. The molecule has 3 rings (SSSR count). The molecule has 5 nitrogen and oxygen atoms in total. The van der Waals surface area contributed by atoms with E-state index in [0.717, 1.165) is 11.8 Å². The quantitative estimate of drug-likeness (QED) is 0.723. The van der Waals surface area contributed by atoms with Crippen LogP contribution in [-0.2, 0) is 25.6 Å². The summed E-state index contributed by atoms with van der Waals surface area (Å²) in [4.78, 5) is 2.16. The van der Waals surface area contributed by atoms with E-state index in [0.29, 0.717) is 26.2 Å². The highest BCUT2D eigenvalue weighted by Crippen LogP contribution is 2.30. The van der Waals surface area contributed by atoms with Gasteiger partial charge in [-0.15, -0.1) is 0 Å². The van der Waals surface area contributed by atoms with Gasteiger partial charge in [0.15, 0.2) is 0 Å². The Morgan fingerprint density at radius 3 is 2.58 bits per heavy atom. The van der Waals surface area contributed by atoms with Crippen LogP contribution in [0.2, 0.25) is 0 Å². The van der Waals surface area contributed by atoms with Crippen molar-refractivity contribution in [2.75, 3.05) is 26.0 Å². The fraction of sp³-hybridized carbons (Fsp3) is 0.368. The summed E-state index contributed by atoms with van der Waals surface area (Å²) in [5.41, 5.74) is 1.34. The van der Waals surface area contributed by atoms with Crippen molar-refractivity contribution in [2.24, 2.45) is 0 Å². The van der Waals surface area contributed by atoms with Crippen molar-refractivity contribution in [3.63, 3.8) is 0 Å². The van der Waals surface area contributed by atoms with Crippen molar-refractivity contribution in [2.45, 2.75) is 18.8 Å². The lowest BCUT2D eigenvalue weighted by atomic mass is 10.0. The summed E-state index contributed by atoms with van der Waals surface area (Å²) >= 11 is 0. The Morgan fingerprint density at radius 1 is 1.19 bits per heavy atom. The molecule has 0 saturated carbocycles. The van der Waals surface area contributed by atoms with Crippen LogP contribution in [0.15, 0.2) is 54.6 Å². The zero-order valence-corrected chi connectivity index (χ0v) is 15.4. The van der Waals surface area contributed by atoms with Gasteiger partial charge in [-0.1, -0.05) is 48.5 Å². The fourth-order valence-corrected chi connectivity index (χ4v) is 3.71. The van der Waals surface area contributed by atoms with Gasteiger partial charge in [-0.3, -0.25) is 9.08 Å². The van der Waals surface area contributed by atoms with Crippen LogP contribution in [0.3, 0.4) is 0 Å². The van der Waals surface area contributed by atoms with E-state index in [4.69, 9.17) is 8.92 Å². The van der Waals surface area contributed by atoms with E-state index in [-0.39, 0.29) is 5.56 Å². The van der Waals surface area contributed by atoms with Crippen molar-refractivity contribution in [1.29, 1.82) is 0 Å². The van der Waals surface area contributed by atoms with Crippen molar-refractivity contribution in [3.8, 4) is 0 Å². The molecule has 26 heavy (non-hydrogen) atoms. The number of hydrogen-bond acceptors (Lipinski definition) is 5. The Morgan fingerprint density at radius 2 is 1.88 bits per heavy atom. The van der Waals surface area contributed by atoms with Crippen LogP contribution in [-0.4, -0.2) is 45.4 Å². The maximum atomic E-state index is 14.3. The molecule has 0 N–H and O–H groups in total. The zero-order chi connectivity index (χ0) is 18.6. The van der Waals surface area contributed by atoms with E-state index in [1.165, 1.54) is 12.1 Å². The van der Waals surface area contributed by atoms with E-state index in [9.17, 15) is 12.8 Å². The summed E-state index contributed by atoms with van der Waals surface area (Å²) in [6, 6.07) is 16.0. The van der Waals surface area contributed by atoms with Gasteiger partial charge >= 0.3 is 0 Å². The molecular weight excluding hydrogens is 357 g/mol. The minimum absolute atomic E-state index is 0.185. The summed E-state index contributed by atoms with van der Waals surface area (Å²) in [6.07, 6.45) is -0.644. The number of halogens is 1. The molecule has 2 aromatic carbocycles. The highest BCUT2D eigenvalue weighted by atomic mass is 32.2. The van der Waals surface area contributed by atoms with Crippen molar-refractivity contribution in [3.05, 3.63) is 71.5 Å². The third-order valence-corrected chi connectivity index (χ3v) is 4.81. The topological polar surface area (TPSA) is 55.8 Å². The smallest absolute Gasteiger partial charge is 0.265 e. The average molecular weight is 379 g/mol. The average Bonchev–Trinajstić information content (AvgIpc) is 2.61. The first-order chi connectivity index (χ1) is 12.4. The minimum atomic E-state index is -3.78. The Hall–Kier alpha value is -1.80. The summed E-state index contributed by atoms with van der Waals surface area (Å²) in [5.74, 6) is -0.509. The Labute approximate surface area is 153 Å². The molecule has 1 aliphatic rings. The molecule has 0 radical (unpaired) electrons. The second kappa shape index (κ2) is 8.26. The maximum Gasteiger partial charge on any atom is 0.265 e. The fourth-order valence-electron chi connectivity index (χ4n) is 3.11. The number of ether oxygens (including phenoxy) is 1. The number of rotatable bonds is 6. The number of nitrogens with zero attached hydrogens (tertiary/aromatic N) is 1. The van der Waals surface area contributed by atoms with Crippen LogP contribution in [0.25, 0.3) is 0 Å². The molecule has 0 amide bonds. The highest BCUT2D eigenvalue weighted by molar-refractivity contribution is 7.86. The second-order valence-electron chi connectivity index (χ2n) is 6.37. The van der Waals surface area contributed by atoms with Crippen LogP contribution in [0.4, 0.5) is 4.39 Å². The van der Waals surface area contributed by atoms with Gasteiger partial charge in [-0.25, -0.2) is 4.39 Å². The van der Waals surface area contributed by atoms with Gasteiger partial charge in [0.2, 0.25) is 0 Å². The maximum absolute atomic E-state index is 14.3. The normalized spacial score (nSPS) is 20.0. The lowest BCUT2D eigenvalue weighted by molar-refractivity contribution is -0.0830. The molecule has 140 valence electrons. The van der Waals surface area contributed by atoms with Gasteiger partial charge in [-0.2, -0.15) is 8.42 Å². The van der Waals surface area contributed by atoms with Crippen molar-refractivity contribution < 1.29 is 21.7 Å². The standard InChI is InChI=1S/C19H22FNO4S/c1-26(22,23)25-19(16-9-5-6-10-17(16)20)18-14-21(11-12-24-18)13-15-7-3-2-4-8-15/h2-10,18-19H,11-14H2,1H3/t18-,19+/m1/s1. The highest BCUT2D eigenvalue weighted by Gasteiger charge is 2.34. The SMILES string of the molecule is CS(=O)(=O)O[C@@H](c1ccccc1F)[C@H]1CN(Cc2ccccc2)CCO1. The predicted molar refractivity (Wildman–Crippen MR) is 96.5 cm³/mol. The van der Waals surface area contributed by atoms with Gasteiger partial charge < -0.3 is 4.74 Å². The molecule has 1 heterocycles. The Bertz CT molecular complexity index is 828. The first kappa shape index (κ1) is 19.0. The van der Waals surface area contributed by atoms with Gasteiger partial charge in [0.05, 0.1) is 12.9 Å². The van der Waals surface area contributed by atoms with Crippen LogP contribution < -0.4 is 0 Å². The summed E-state index contributed by atoms with van der Waals surface area (Å²) in [7, 11) is -3.78. The monoisotopic (exact) mass is 379 g/mol. The molecule has 0 unspecified atom stereocenters. The molecule has 7 heteroatoms. The van der Waals surface area contributed by atoms with E-state index >= 15 is 0 Å². The van der Waals surface area contributed by atoms with Crippen LogP contribution in [0, 0.1) is 5.82 Å². The zero-order valence-electron chi connectivity index (χ0n) is 14.5. The van der Waals surface area contributed by atoms with Gasteiger partial charge in [0.1, 0.15) is 18.0 Å². The van der Waals surface area contributed by atoms with E-state index in [1.807, 2.05) is 30.3 Å².